The molecule has 4 heteroatoms. The van der Waals surface area contributed by atoms with Crippen molar-refractivity contribution in [3.05, 3.63) is 12.2 Å². The van der Waals surface area contributed by atoms with E-state index >= 15 is 0 Å². The van der Waals surface area contributed by atoms with E-state index in [1.165, 1.54) is 0 Å². The zero-order valence-electron chi connectivity index (χ0n) is 6.10. The summed E-state index contributed by atoms with van der Waals surface area (Å²) in [5, 5.41) is 0. The molecule has 0 radical (unpaired) electrons. The fourth-order valence-electron chi connectivity index (χ4n) is 1.77. The topological polar surface area (TPSA) is 59.2 Å². The summed E-state index contributed by atoms with van der Waals surface area (Å²) in [6.45, 7) is 0. The third kappa shape index (κ3) is 0.498. The van der Waals surface area contributed by atoms with Gasteiger partial charge in [0.15, 0.2) is 23.8 Å². The Balaban J connectivity index is 2.00. The molecule has 0 amide bonds. The predicted molar refractivity (Wildman–Crippen MR) is 36.5 cm³/mol. The molecule has 0 aromatic heterocycles. The van der Waals surface area contributed by atoms with E-state index in [1.807, 2.05) is 0 Å². The number of epoxide rings is 2. The van der Waals surface area contributed by atoms with Crippen LogP contribution in [0.2, 0.25) is 0 Å². The van der Waals surface area contributed by atoms with Crippen molar-refractivity contribution in [2.45, 2.75) is 23.4 Å². The van der Waals surface area contributed by atoms with Gasteiger partial charge in [0.1, 0.15) is 12.2 Å². The predicted octanol–water partition coefficient (Wildman–Crippen LogP) is -0.771. The first kappa shape index (κ1) is 6.51. The molecule has 0 aromatic rings. The van der Waals surface area contributed by atoms with Crippen molar-refractivity contribution >= 4 is 12.6 Å². The summed E-state index contributed by atoms with van der Waals surface area (Å²) in [5.41, 5.74) is -1.54. The summed E-state index contributed by atoms with van der Waals surface area (Å²) in [7, 11) is 0. The van der Waals surface area contributed by atoms with Crippen LogP contribution in [0.3, 0.4) is 0 Å². The van der Waals surface area contributed by atoms with Gasteiger partial charge in [-0.15, -0.1) is 0 Å². The van der Waals surface area contributed by atoms with Crippen molar-refractivity contribution < 1.29 is 19.1 Å². The Hall–Kier alpha value is -1.00. The quantitative estimate of drug-likeness (QED) is 0.307. The number of carbonyl (C=O) groups excluding carboxylic acids is 2. The van der Waals surface area contributed by atoms with Crippen LogP contribution in [-0.2, 0) is 19.1 Å². The number of hydrogen-bond donors (Lipinski definition) is 0. The number of fused-ring (bicyclic) bond motifs is 3. The highest BCUT2D eigenvalue weighted by molar-refractivity contribution is 5.80. The standard InChI is InChI=1S/C8H6O4/c9-3-7-1-2-8(4-10)6(12-8)5(7)11-7/h1-6H. The maximum Gasteiger partial charge on any atom is 0.171 e. The van der Waals surface area contributed by atoms with E-state index in [0.717, 1.165) is 12.6 Å². The minimum Gasteiger partial charge on any atom is -0.351 e. The molecule has 4 nitrogen and oxygen atoms in total. The van der Waals surface area contributed by atoms with Crippen molar-refractivity contribution in [3.8, 4) is 0 Å². The average molecular weight is 166 g/mol. The van der Waals surface area contributed by atoms with Crippen molar-refractivity contribution in [3.63, 3.8) is 0 Å². The maximum atomic E-state index is 10.6. The summed E-state index contributed by atoms with van der Waals surface area (Å²) < 4.78 is 10.3. The molecular weight excluding hydrogens is 160 g/mol. The van der Waals surface area contributed by atoms with Gasteiger partial charge in [0.2, 0.25) is 0 Å². The monoisotopic (exact) mass is 166 g/mol. The first-order valence-electron chi connectivity index (χ1n) is 3.75. The number of ether oxygens (including phenoxy) is 2. The van der Waals surface area contributed by atoms with E-state index in [4.69, 9.17) is 9.47 Å². The van der Waals surface area contributed by atoms with Crippen LogP contribution in [0.4, 0.5) is 0 Å². The summed E-state index contributed by atoms with van der Waals surface area (Å²) in [6, 6.07) is 0. The fourth-order valence-corrected chi connectivity index (χ4v) is 1.77. The minimum absolute atomic E-state index is 0.231. The Morgan fingerprint density at radius 2 is 1.42 bits per heavy atom. The molecule has 4 unspecified atom stereocenters. The molecule has 4 atom stereocenters. The average Bonchev–Trinajstić information content (AvgIpc) is 2.97. The molecule has 12 heavy (non-hydrogen) atoms. The third-order valence-electron chi connectivity index (χ3n) is 2.68. The van der Waals surface area contributed by atoms with Crippen molar-refractivity contribution in [2.24, 2.45) is 0 Å². The highest BCUT2D eigenvalue weighted by Crippen LogP contribution is 2.55. The largest absolute Gasteiger partial charge is 0.351 e. The lowest BCUT2D eigenvalue weighted by Gasteiger charge is -2.03. The third-order valence-corrected chi connectivity index (χ3v) is 2.68. The number of hydrogen-bond acceptors (Lipinski definition) is 4. The molecule has 0 bridgehead atoms. The van der Waals surface area contributed by atoms with Gasteiger partial charge in [-0.2, -0.15) is 0 Å². The number of aldehydes is 2. The minimum atomic E-state index is -0.770. The van der Waals surface area contributed by atoms with Crippen LogP contribution in [0.15, 0.2) is 12.2 Å². The summed E-state index contributed by atoms with van der Waals surface area (Å²) >= 11 is 0. The van der Waals surface area contributed by atoms with Gasteiger partial charge in [0.05, 0.1) is 0 Å². The lowest BCUT2D eigenvalue weighted by molar-refractivity contribution is -0.112. The number of carbonyl (C=O) groups is 2. The van der Waals surface area contributed by atoms with Crippen LogP contribution in [0, 0.1) is 0 Å². The van der Waals surface area contributed by atoms with Gasteiger partial charge in [0.25, 0.3) is 0 Å². The van der Waals surface area contributed by atoms with Gasteiger partial charge in [-0.3, -0.25) is 9.59 Å². The van der Waals surface area contributed by atoms with Crippen LogP contribution < -0.4 is 0 Å². The zero-order valence-corrected chi connectivity index (χ0v) is 6.10. The van der Waals surface area contributed by atoms with Crippen LogP contribution in [0.25, 0.3) is 0 Å². The molecule has 0 spiro atoms. The molecule has 1 aliphatic carbocycles. The fraction of sp³-hybridized carbons (Fsp3) is 0.500. The molecule has 2 saturated heterocycles. The second kappa shape index (κ2) is 1.53. The SMILES string of the molecule is O=CC12C=CC3(C=O)OC3C1O2. The molecule has 0 saturated carbocycles. The first-order chi connectivity index (χ1) is 5.76. The van der Waals surface area contributed by atoms with Gasteiger partial charge >= 0.3 is 0 Å². The Morgan fingerprint density at radius 1 is 1.00 bits per heavy atom. The second-order valence-corrected chi connectivity index (χ2v) is 3.35. The first-order valence-corrected chi connectivity index (χ1v) is 3.75. The molecule has 2 heterocycles. The molecule has 0 aromatic carbocycles. The van der Waals surface area contributed by atoms with E-state index in [2.05, 4.69) is 0 Å². The summed E-state index contributed by atoms with van der Waals surface area (Å²) in [4.78, 5) is 21.1. The number of rotatable bonds is 2. The van der Waals surface area contributed by atoms with Gasteiger partial charge in [-0.25, -0.2) is 0 Å². The van der Waals surface area contributed by atoms with Gasteiger partial charge in [-0.05, 0) is 12.2 Å². The molecule has 2 fully saturated rings. The van der Waals surface area contributed by atoms with Crippen LogP contribution in [0.1, 0.15) is 0 Å². The molecule has 62 valence electrons. The normalized spacial score (nSPS) is 58.3. The maximum absolute atomic E-state index is 10.6. The van der Waals surface area contributed by atoms with Crippen molar-refractivity contribution in [1.29, 1.82) is 0 Å². The second-order valence-electron chi connectivity index (χ2n) is 3.35. The van der Waals surface area contributed by atoms with Gasteiger partial charge < -0.3 is 9.47 Å². The van der Waals surface area contributed by atoms with Gasteiger partial charge in [0, 0.05) is 0 Å². The zero-order chi connectivity index (χ0) is 8.40. The molecule has 2 aliphatic heterocycles. The van der Waals surface area contributed by atoms with Gasteiger partial charge in [-0.1, -0.05) is 0 Å². The van der Waals surface area contributed by atoms with Crippen LogP contribution >= 0.6 is 0 Å². The van der Waals surface area contributed by atoms with E-state index in [-0.39, 0.29) is 12.2 Å². The smallest absolute Gasteiger partial charge is 0.171 e. The summed E-state index contributed by atoms with van der Waals surface area (Å²) in [5.74, 6) is 0. The van der Waals surface area contributed by atoms with E-state index in [1.54, 1.807) is 12.2 Å². The lowest BCUT2D eigenvalue weighted by atomic mass is 9.90. The molecule has 0 N–H and O–H groups in total. The molecular formula is C8H6O4. The Bertz CT molecular complexity index is 280. The van der Waals surface area contributed by atoms with Crippen LogP contribution in [0.5, 0.6) is 0 Å². The van der Waals surface area contributed by atoms with Crippen molar-refractivity contribution in [1.82, 2.24) is 0 Å². The van der Waals surface area contributed by atoms with E-state index in [9.17, 15) is 9.59 Å². The van der Waals surface area contributed by atoms with Crippen molar-refractivity contribution in [2.75, 3.05) is 0 Å². The Labute approximate surface area is 68.1 Å². The molecule has 3 rings (SSSR count). The summed E-state index contributed by atoms with van der Waals surface area (Å²) in [6.07, 6.45) is 4.27. The Kier molecular flexibility index (Phi) is 0.831. The Morgan fingerprint density at radius 3 is 1.75 bits per heavy atom. The van der Waals surface area contributed by atoms with Crippen LogP contribution in [-0.4, -0.2) is 36.0 Å². The van der Waals surface area contributed by atoms with E-state index in [0.29, 0.717) is 0 Å². The molecule has 3 aliphatic rings. The highest BCUT2D eigenvalue weighted by atomic mass is 16.7. The lowest BCUT2D eigenvalue weighted by Crippen LogP contribution is -2.28. The van der Waals surface area contributed by atoms with E-state index < -0.39 is 11.2 Å². The highest BCUT2D eigenvalue weighted by Gasteiger charge is 2.75.